The van der Waals surface area contributed by atoms with Gasteiger partial charge in [0.1, 0.15) is 13.2 Å². The fraction of sp³-hybridized carbons (Fsp3) is 0.481. The molecular weight excluding hydrogens is 460 g/mol. The first-order valence-electron chi connectivity index (χ1n) is 12.1. The highest BCUT2D eigenvalue weighted by Crippen LogP contribution is 2.39. The van der Waals surface area contributed by atoms with Crippen molar-refractivity contribution >= 4 is 20.3 Å². The summed E-state index contributed by atoms with van der Waals surface area (Å²) in [5.41, 5.74) is 1.97. The van der Waals surface area contributed by atoms with Gasteiger partial charge >= 0.3 is 6.09 Å². The van der Waals surface area contributed by atoms with Crippen molar-refractivity contribution in [2.75, 3.05) is 19.7 Å². The average Bonchev–Trinajstić information content (AvgIpc) is 2.82. The molecule has 3 rings (SSSR count). The Kier molecular flexibility index (Phi) is 9.10. The Bertz CT molecular complexity index is 963. The molecule has 1 heterocycles. The number of hydrogen-bond acceptors (Lipinski definition) is 5. The molecule has 1 N–H and O–H groups in total. The van der Waals surface area contributed by atoms with E-state index in [2.05, 4.69) is 39.2 Å². The molecular formula is C27H38N2O5Si. The lowest BCUT2D eigenvalue weighted by atomic mass is 10.00. The van der Waals surface area contributed by atoms with Crippen LogP contribution in [-0.2, 0) is 31.9 Å². The Morgan fingerprint density at radius 3 is 2.11 bits per heavy atom. The van der Waals surface area contributed by atoms with Crippen LogP contribution in [0.2, 0.25) is 18.1 Å². The highest BCUT2D eigenvalue weighted by molar-refractivity contribution is 6.74. The SMILES string of the molecule is CC(C)(C)[Si](C)(C)O[C@H]1CN(C(=O)CNC(=O)OCc2ccccc2)[C@@H]1COCc1ccccc1. The number of hydrogen-bond donors (Lipinski definition) is 1. The summed E-state index contributed by atoms with van der Waals surface area (Å²) in [6.07, 6.45) is -0.700. The van der Waals surface area contributed by atoms with Crippen LogP contribution >= 0.6 is 0 Å². The van der Waals surface area contributed by atoms with Crippen LogP contribution in [-0.4, -0.2) is 57.1 Å². The topological polar surface area (TPSA) is 77.1 Å². The van der Waals surface area contributed by atoms with Gasteiger partial charge in [0.05, 0.1) is 25.4 Å². The molecule has 2 atom stereocenters. The van der Waals surface area contributed by atoms with E-state index in [1.165, 1.54) is 0 Å². The van der Waals surface area contributed by atoms with Crippen molar-refractivity contribution in [3.8, 4) is 0 Å². The second-order valence-electron chi connectivity index (χ2n) is 10.4. The summed E-state index contributed by atoms with van der Waals surface area (Å²) in [4.78, 5) is 26.7. The maximum absolute atomic E-state index is 12.9. The van der Waals surface area contributed by atoms with Gasteiger partial charge in [-0.05, 0) is 29.3 Å². The van der Waals surface area contributed by atoms with Crippen molar-refractivity contribution < 1.29 is 23.5 Å². The molecule has 0 aliphatic carbocycles. The highest BCUT2D eigenvalue weighted by Gasteiger charge is 2.48. The Labute approximate surface area is 209 Å². The molecule has 2 aromatic carbocycles. The monoisotopic (exact) mass is 498 g/mol. The van der Waals surface area contributed by atoms with Gasteiger partial charge in [-0.15, -0.1) is 0 Å². The van der Waals surface area contributed by atoms with E-state index in [0.717, 1.165) is 11.1 Å². The van der Waals surface area contributed by atoms with Crippen molar-refractivity contribution in [1.82, 2.24) is 10.2 Å². The second-order valence-corrected chi connectivity index (χ2v) is 15.2. The van der Waals surface area contributed by atoms with Crippen molar-refractivity contribution in [2.24, 2.45) is 0 Å². The number of benzene rings is 2. The molecule has 0 unspecified atom stereocenters. The number of ether oxygens (including phenoxy) is 2. The third kappa shape index (κ3) is 7.65. The fourth-order valence-corrected chi connectivity index (χ4v) is 4.91. The number of likely N-dealkylation sites (tertiary alicyclic amines) is 1. The van der Waals surface area contributed by atoms with Crippen molar-refractivity contribution in [3.63, 3.8) is 0 Å². The number of rotatable bonds is 10. The minimum absolute atomic E-state index is 0.0664. The molecule has 2 amide bonds. The highest BCUT2D eigenvalue weighted by atomic mass is 28.4. The lowest BCUT2D eigenvalue weighted by Gasteiger charge is -2.51. The quantitative estimate of drug-likeness (QED) is 0.479. The Morgan fingerprint density at radius 2 is 1.54 bits per heavy atom. The molecule has 0 saturated carbocycles. The molecule has 7 nitrogen and oxygen atoms in total. The van der Waals surface area contributed by atoms with Crippen LogP contribution in [0.1, 0.15) is 31.9 Å². The zero-order chi connectivity index (χ0) is 25.5. The Morgan fingerprint density at radius 1 is 0.971 bits per heavy atom. The van der Waals surface area contributed by atoms with E-state index in [9.17, 15) is 9.59 Å². The van der Waals surface area contributed by atoms with Gasteiger partial charge in [-0.2, -0.15) is 0 Å². The van der Waals surface area contributed by atoms with Gasteiger partial charge in [0, 0.05) is 6.54 Å². The Balaban J connectivity index is 1.53. The molecule has 190 valence electrons. The number of amides is 2. The van der Waals surface area contributed by atoms with Crippen LogP contribution in [0, 0.1) is 0 Å². The first-order valence-corrected chi connectivity index (χ1v) is 15.0. The summed E-state index contributed by atoms with van der Waals surface area (Å²) < 4.78 is 17.8. The summed E-state index contributed by atoms with van der Waals surface area (Å²) in [5.74, 6) is -0.176. The standard InChI is InChI=1S/C27H38N2O5Si/c1-27(2,3)35(4,5)34-24-17-29(23(24)20-32-18-21-12-8-6-9-13-21)25(30)16-28-26(31)33-19-22-14-10-7-11-15-22/h6-15,23-24H,16-20H2,1-5H3,(H,28,31)/t23-,24+/m1/s1. The molecule has 35 heavy (non-hydrogen) atoms. The maximum atomic E-state index is 12.9. The summed E-state index contributed by atoms with van der Waals surface area (Å²) in [5, 5.41) is 2.63. The van der Waals surface area contributed by atoms with Gasteiger partial charge in [-0.1, -0.05) is 81.4 Å². The summed E-state index contributed by atoms with van der Waals surface area (Å²) >= 11 is 0. The summed E-state index contributed by atoms with van der Waals surface area (Å²) in [6.45, 7) is 12.4. The van der Waals surface area contributed by atoms with Gasteiger partial charge in [0.2, 0.25) is 5.91 Å². The van der Waals surface area contributed by atoms with E-state index in [1.54, 1.807) is 4.90 Å². The lowest BCUT2D eigenvalue weighted by Crippen LogP contribution is -2.68. The normalized spacial score (nSPS) is 18.0. The van der Waals surface area contributed by atoms with Gasteiger partial charge in [0.15, 0.2) is 8.32 Å². The molecule has 1 fully saturated rings. The van der Waals surface area contributed by atoms with E-state index in [1.807, 2.05) is 60.7 Å². The van der Waals surface area contributed by atoms with Gasteiger partial charge in [-0.3, -0.25) is 4.79 Å². The van der Waals surface area contributed by atoms with E-state index >= 15 is 0 Å². The van der Waals surface area contributed by atoms with Crippen LogP contribution in [0.3, 0.4) is 0 Å². The van der Waals surface area contributed by atoms with Crippen LogP contribution in [0.4, 0.5) is 4.79 Å². The first-order chi connectivity index (χ1) is 16.6. The second kappa shape index (κ2) is 11.8. The molecule has 1 aliphatic heterocycles. The van der Waals surface area contributed by atoms with Crippen molar-refractivity contribution in [2.45, 2.75) is 64.3 Å². The van der Waals surface area contributed by atoms with Crippen LogP contribution < -0.4 is 5.32 Å². The molecule has 0 aromatic heterocycles. The minimum Gasteiger partial charge on any atom is -0.445 e. The molecule has 0 radical (unpaired) electrons. The van der Waals surface area contributed by atoms with Crippen LogP contribution in [0.5, 0.6) is 0 Å². The van der Waals surface area contributed by atoms with Crippen LogP contribution in [0.25, 0.3) is 0 Å². The smallest absolute Gasteiger partial charge is 0.407 e. The maximum Gasteiger partial charge on any atom is 0.407 e. The molecule has 0 bridgehead atoms. The van der Waals surface area contributed by atoms with E-state index in [-0.39, 0.29) is 36.2 Å². The van der Waals surface area contributed by atoms with Crippen LogP contribution in [0.15, 0.2) is 60.7 Å². The summed E-state index contributed by atoms with van der Waals surface area (Å²) in [7, 11) is -2.01. The number of alkyl carbamates (subject to hydrolysis) is 1. The fourth-order valence-electron chi connectivity index (χ4n) is 3.56. The molecule has 1 aliphatic rings. The molecule has 0 spiro atoms. The zero-order valence-corrected chi connectivity index (χ0v) is 22.5. The largest absolute Gasteiger partial charge is 0.445 e. The van der Waals surface area contributed by atoms with E-state index in [0.29, 0.717) is 19.8 Å². The molecule has 2 aromatic rings. The summed E-state index contributed by atoms with van der Waals surface area (Å²) in [6, 6.07) is 19.2. The predicted octanol–water partition coefficient (Wildman–Crippen LogP) is 4.73. The average molecular weight is 499 g/mol. The minimum atomic E-state index is -2.01. The Hall–Kier alpha value is -2.68. The lowest BCUT2D eigenvalue weighted by molar-refractivity contribution is -0.153. The number of carbonyl (C=O) groups excluding carboxylic acids is 2. The van der Waals surface area contributed by atoms with Gasteiger partial charge in [-0.25, -0.2) is 4.79 Å². The first kappa shape index (κ1) is 26.9. The zero-order valence-electron chi connectivity index (χ0n) is 21.5. The van der Waals surface area contributed by atoms with E-state index < -0.39 is 14.4 Å². The third-order valence-electron chi connectivity index (χ3n) is 6.78. The number of carbonyl (C=O) groups is 2. The van der Waals surface area contributed by atoms with Crippen molar-refractivity contribution in [3.05, 3.63) is 71.8 Å². The van der Waals surface area contributed by atoms with Crippen molar-refractivity contribution in [1.29, 1.82) is 0 Å². The predicted molar refractivity (Wildman–Crippen MR) is 138 cm³/mol. The van der Waals surface area contributed by atoms with E-state index in [4.69, 9.17) is 13.9 Å². The third-order valence-corrected chi connectivity index (χ3v) is 11.3. The molecule has 8 heteroatoms. The number of nitrogens with one attached hydrogen (secondary N) is 1. The van der Waals surface area contributed by atoms with Gasteiger partial charge in [0.25, 0.3) is 0 Å². The van der Waals surface area contributed by atoms with Gasteiger partial charge < -0.3 is 24.1 Å². The molecule has 1 saturated heterocycles. The number of nitrogens with zero attached hydrogens (tertiary/aromatic N) is 1.